The van der Waals surface area contributed by atoms with Crippen molar-refractivity contribution < 1.29 is 58.5 Å². The van der Waals surface area contributed by atoms with Crippen molar-refractivity contribution in [3.05, 3.63) is 29.8 Å². The quantitative estimate of drug-likeness (QED) is 0.0197. The lowest BCUT2D eigenvalue weighted by molar-refractivity contribution is -0.143. The van der Waals surface area contributed by atoms with E-state index in [0.29, 0.717) is 17.7 Å². The van der Waals surface area contributed by atoms with E-state index in [1.807, 2.05) is 0 Å². The highest BCUT2D eigenvalue weighted by atomic mass is 32.2. The lowest BCUT2D eigenvalue weighted by atomic mass is 9.97. The highest BCUT2D eigenvalue weighted by molar-refractivity contribution is 7.98. The maximum atomic E-state index is 13.8. The van der Waals surface area contributed by atoms with Crippen molar-refractivity contribution in [3.8, 4) is 5.75 Å². The number of rotatable bonds is 30. The number of carbonyl (C=O) groups is 9. The van der Waals surface area contributed by atoms with Gasteiger partial charge in [-0.25, -0.2) is 4.79 Å². The van der Waals surface area contributed by atoms with Gasteiger partial charge >= 0.3 is 5.97 Å². The summed E-state index contributed by atoms with van der Waals surface area (Å²) >= 11 is 1.31. The zero-order chi connectivity index (χ0) is 48.7. The average Bonchev–Trinajstić information content (AvgIpc) is 3.22. The molecule has 8 amide bonds. The van der Waals surface area contributed by atoms with Crippen LogP contribution in [0.2, 0.25) is 0 Å². The summed E-state index contributed by atoms with van der Waals surface area (Å²) in [5.74, 6) is -9.53. The van der Waals surface area contributed by atoms with Crippen LogP contribution in [0.1, 0.15) is 71.3 Å². The summed E-state index contributed by atoms with van der Waals surface area (Å²) in [4.78, 5) is 121. The number of aliphatic hydroxyl groups excluding tert-OH is 1. The molecule has 1 aromatic rings. The molecule has 24 nitrogen and oxygen atoms in total. The minimum Gasteiger partial charge on any atom is -0.508 e. The number of primary amides is 2. The van der Waals surface area contributed by atoms with Crippen LogP contribution in [0.15, 0.2) is 29.3 Å². The molecule has 0 aliphatic rings. The molecule has 358 valence electrons. The summed E-state index contributed by atoms with van der Waals surface area (Å²) < 4.78 is 0. The molecule has 0 fully saturated rings. The van der Waals surface area contributed by atoms with Gasteiger partial charge in [-0.1, -0.05) is 32.4 Å². The molecule has 0 radical (unpaired) electrons. The lowest BCUT2D eigenvalue weighted by Gasteiger charge is -2.29. The zero-order valence-electron chi connectivity index (χ0n) is 36.3. The van der Waals surface area contributed by atoms with Gasteiger partial charge in [-0.3, -0.25) is 43.3 Å². The minimum absolute atomic E-state index is 0.0164. The lowest BCUT2D eigenvalue weighted by Crippen LogP contribution is -2.61. The molecule has 0 saturated heterocycles. The number of aromatic hydroxyl groups is 1. The molecule has 0 bridgehead atoms. The number of carboxylic acids is 1. The van der Waals surface area contributed by atoms with E-state index in [4.69, 9.17) is 28.7 Å². The second kappa shape index (κ2) is 28.5. The Bertz CT molecular complexity index is 1800. The summed E-state index contributed by atoms with van der Waals surface area (Å²) in [6, 6.07) is -4.71. The van der Waals surface area contributed by atoms with E-state index in [1.165, 1.54) is 43.0 Å². The van der Waals surface area contributed by atoms with Crippen LogP contribution in [-0.4, -0.2) is 141 Å². The number of amides is 8. The third-order valence-corrected chi connectivity index (χ3v) is 10.4. The van der Waals surface area contributed by atoms with Crippen molar-refractivity contribution in [2.24, 2.45) is 39.6 Å². The van der Waals surface area contributed by atoms with Crippen LogP contribution in [0, 0.1) is 5.92 Å². The molecule has 0 spiro atoms. The minimum atomic E-state index is -1.76. The fourth-order valence-corrected chi connectivity index (χ4v) is 6.30. The molecule has 0 unspecified atom stereocenters. The summed E-state index contributed by atoms with van der Waals surface area (Å²) in [7, 11) is 0. The first kappa shape index (κ1) is 55.8. The number of aliphatic imine (C=N–C) groups is 1. The molecule has 0 aliphatic heterocycles. The maximum absolute atomic E-state index is 13.8. The number of hydrogen-bond donors (Lipinski definition) is 14. The Labute approximate surface area is 374 Å². The molecule has 19 N–H and O–H groups in total. The second-order valence-electron chi connectivity index (χ2n) is 15.1. The molecular formula is C39H64N12O12S. The Morgan fingerprint density at radius 2 is 1.20 bits per heavy atom. The Balaban J connectivity index is 3.42. The van der Waals surface area contributed by atoms with E-state index in [-0.39, 0.29) is 43.9 Å². The zero-order valence-corrected chi connectivity index (χ0v) is 37.2. The Morgan fingerprint density at radius 1 is 0.688 bits per heavy atom. The Kier molecular flexibility index (Phi) is 24.8. The first-order valence-corrected chi connectivity index (χ1v) is 21.8. The molecule has 0 heterocycles. The van der Waals surface area contributed by atoms with Gasteiger partial charge in [0.1, 0.15) is 48.0 Å². The number of carbonyl (C=O) groups excluding carboxylic acids is 8. The summed E-state index contributed by atoms with van der Waals surface area (Å²) in [6.07, 6.45) is -0.977. The van der Waals surface area contributed by atoms with Gasteiger partial charge in [-0.05, 0) is 68.2 Å². The van der Waals surface area contributed by atoms with Gasteiger partial charge in [-0.15, -0.1) is 0 Å². The van der Waals surface area contributed by atoms with E-state index in [0.717, 1.165) is 0 Å². The number of nitrogens with one attached hydrogen (secondary N) is 6. The van der Waals surface area contributed by atoms with Crippen LogP contribution in [0.5, 0.6) is 5.75 Å². The van der Waals surface area contributed by atoms with Crippen molar-refractivity contribution >= 4 is 70.9 Å². The van der Waals surface area contributed by atoms with Crippen molar-refractivity contribution in [2.45, 2.75) is 121 Å². The molecular weight excluding hydrogens is 861 g/mol. The van der Waals surface area contributed by atoms with Crippen LogP contribution in [-0.2, 0) is 49.6 Å². The van der Waals surface area contributed by atoms with E-state index < -0.39 is 127 Å². The normalized spacial score (nSPS) is 15.2. The molecule has 1 aromatic carbocycles. The van der Waals surface area contributed by atoms with E-state index in [2.05, 4.69) is 36.9 Å². The largest absolute Gasteiger partial charge is 0.508 e. The number of aliphatic carboxylic acids is 1. The van der Waals surface area contributed by atoms with E-state index >= 15 is 0 Å². The number of thioether (sulfide) groups is 1. The first-order chi connectivity index (χ1) is 30.0. The summed E-state index contributed by atoms with van der Waals surface area (Å²) in [5, 5.41) is 44.0. The third kappa shape index (κ3) is 20.8. The highest BCUT2D eigenvalue weighted by Gasteiger charge is 2.35. The Hall–Kier alpha value is -6.21. The molecule has 0 aliphatic carbocycles. The van der Waals surface area contributed by atoms with Crippen molar-refractivity contribution in [3.63, 3.8) is 0 Å². The fraction of sp³-hybridized carbons (Fsp3) is 0.590. The maximum Gasteiger partial charge on any atom is 0.326 e. The molecule has 0 saturated carbocycles. The van der Waals surface area contributed by atoms with Gasteiger partial charge in [0.05, 0.1) is 12.5 Å². The monoisotopic (exact) mass is 924 g/mol. The van der Waals surface area contributed by atoms with E-state index in [9.17, 15) is 58.5 Å². The van der Waals surface area contributed by atoms with Crippen molar-refractivity contribution in [2.75, 3.05) is 18.6 Å². The van der Waals surface area contributed by atoms with Gasteiger partial charge in [0.2, 0.25) is 47.3 Å². The van der Waals surface area contributed by atoms with Gasteiger partial charge in [0.25, 0.3) is 0 Å². The average molecular weight is 925 g/mol. The number of nitrogens with zero attached hydrogens (tertiary/aromatic N) is 1. The smallest absolute Gasteiger partial charge is 0.326 e. The molecule has 9 atom stereocenters. The first-order valence-electron chi connectivity index (χ1n) is 20.4. The topological polar surface area (TPSA) is 429 Å². The summed E-state index contributed by atoms with van der Waals surface area (Å²) in [5.41, 5.74) is 27.6. The third-order valence-electron chi connectivity index (χ3n) is 9.78. The van der Waals surface area contributed by atoms with Crippen LogP contribution in [0.25, 0.3) is 0 Å². The molecule has 25 heteroatoms. The van der Waals surface area contributed by atoms with Gasteiger partial charge in [0, 0.05) is 19.4 Å². The van der Waals surface area contributed by atoms with Gasteiger partial charge < -0.3 is 75.9 Å². The van der Waals surface area contributed by atoms with Gasteiger partial charge in [-0.2, -0.15) is 11.8 Å². The summed E-state index contributed by atoms with van der Waals surface area (Å²) in [6.45, 7) is 4.74. The predicted molar refractivity (Wildman–Crippen MR) is 235 cm³/mol. The number of phenolic OH excluding ortho intramolecular Hbond substituents is 1. The second-order valence-corrected chi connectivity index (χ2v) is 16.0. The number of hydrogen-bond acceptors (Lipinski definition) is 14. The number of phenols is 1. The number of aliphatic hydroxyl groups is 1. The SMILES string of the molecule is CC[C@H](C)[C@H](NC(=O)[C@H](CCSC)NC(=O)[C@H](CC(N)=O)NC(=O)[C@H](CCC(N)=O)NC(=O)[C@H](Cc1ccc(O)cc1)NC(=O)[C@@H](N)[C@@H](C)O)C(=O)N[C@@H](CCCN=C(N)N)C(=O)O. The van der Waals surface area contributed by atoms with Crippen LogP contribution >= 0.6 is 11.8 Å². The predicted octanol–water partition coefficient (Wildman–Crippen LogP) is -4.37. The standard InChI is InChI=1S/C39H64N12O12S/c1-5-19(2)31(37(61)48-25(38(62)63)7-6-15-45-39(43)44)51-33(57)24(14-16-64-4)47-35(59)27(18-29(41)55)49-32(56)23(12-13-28(40)54)46-34(58)26(50-36(60)30(42)20(3)52)17-21-8-10-22(53)11-9-21/h8-11,19-20,23-27,30-31,52-53H,5-7,12-18,42H2,1-4H3,(H2,40,54)(H2,41,55)(H,46,58)(H,47,59)(H,48,61)(H,49,56)(H,50,60)(H,51,57)(H,62,63)(H4,43,44,45)/t19-,20+,23-,24-,25-,26-,27-,30-,31-/m0/s1. The fourth-order valence-electron chi connectivity index (χ4n) is 5.83. The number of carboxylic acid groups (broad SMARTS) is 1. The molecule has 64 heavy (non-hydrogen) atoms. The van der Waals surface area contributed by atoms with Crippen molar-refractivity contribution in [1.82, 2.24) is 31.9 Å². The van der Waals surface area contributed by atoms with Crippen molar-refractivity contribution in [1.29, 1.82) is 0 Å². The van der Waals surface area contributed by atoms with Gasteiger partial charge in [0.15, 0.2) is 5.96 Å². The van der Waals surface area contributed by atoms with Crippen LogP contribution in [0.4, 0.5) is 0 Å². The van der Waals surface area contributed by atoms with Crippen LogP contribution < -0.4 is 60.6 Å². The molecule has 0 aromatic heterocycles. The number of guanidine groups is 1. The number of benzene rings is 1. The number of nitrogens with two attached hydrogens (primary N) is 5. The Morgan fingerprint density at radius 3 is 1.72 bits per heavy atom. The van der Waals surface area contributed by atoms with E-state index in [1.54, 1.807) is 20.1 Å². The molecule has 1 rings (SSSR count). The highest BCUT2D eigenvalue weighted by Crippen LogP contribution is 2.14. The van der Waals surface area contributed by atoms with Crippen LogP contribution in [0.3, 0.4) is 0 Å².